The molecule has 0 aliphatic carbocycles. The van der Waals surface area contributed by atoms with E-state index in [2.05, 4.69) is 59.5 Å². The van der Waals surface area contributed by atoms with Crippen molar-refractivity contribution in [2.75, 3.05) is 47.0 Å². The molecule has 0 aromatic heterocycles. The van der Waals surface area contributed by atoms with Crippen molar-refractivity contribution < 1.29 is 9.47 Å². The Morgan fingerprint density at radius 1 is 1.28 bits per heavy atom. The second-order valence-electron chi connectivity index (χ2n) is 8.21. The number of methoxy groups -OCH3 is 1. The molecule has 1 unspecified atom stereocenters. The molecule has 2 N–H and O–H groups in total. The third-order valence-corrected chi connectivity index (χ3v) is 5.48. The van der Waals surface area contributed by atoms with Gasteiger partial charge in [-0.1, -0.05) is 12.1 Å². The van der Waals surface area contributed by atoms with Gasteiger partial charge in [0.15, 0.2) is 5.96 Å². The van der Waals surface area contributed by atoms with Gasteiger partial charge in [0.05, 0.1) is 6.61 Å². The Balaban J connectivity index is 1.84. The molecule has 6 nitrogen and oxygen atoms in total. The van der Waals surface area contributed by atoms with Crippen molar-refractivity contribution in [3.8, 4) is 5.75 Å². The van der Waals surface area contributed by atoms with E-state index in [9.17, 15) is 0 Å². The van der Waals surface area contributed by atoms with E-state index in [0.717, 1.165) is 30.2 Å². The summed E-state index contributed by atoms with van der Waals surface area (Å²) in [5.74, 6) is 2.45. The van der Waals surface area contributed by atoms with Crippen molar-refractivity contribution in [2.45, 2.75) is 52.6 Å². The SMILES string of the molecule is CN=C(NCc1ccc(C)cc1OCCCOC)NCC1CCCN(C(C)C)C1. The summed E-state index contributed by atoms with van der Waals surface area (Å²) in [5.41, 5.74) is 2.34. The Morgan fingerprint density at radius 3 is 2.83 bits per heavy atom. The number of aryl methyl sites for hydroxylation is 1. The van der Waals surface area contributed by atoms with E-state index in [1.54, 1.807) is 7.11 Å². The van der Waals surface area contributed by atoms with Gasteiger partial charge in [0.25, 0.3) is 0 Å². The van der Waals surface area contributed by atoms with Gasteiger partial charge in [-0.3, -0.25) is 4.99 Å². The number of piperidine rings is 1. The lowest BCUT2D eigenvalue weighted by molar-refractivity contribution is 0.141. The summed E-state index contributed by atoms with van der Waals surface area (Å²) in [5, 5.41) is 6.96. The van der Waals surface area contributed by atoms with E-state index in [1.165, 1.54) is 31.5 Å². The number of ether oxygens (including phenoxy) is 2. The fourth-order valence-corrected chi connectivity index (χ4v) is 3.70. The summed E-state index contributed by atoms with van der Waals surface area (Å²) < 4.78 is 11.1. The van der Waals surface area contributed by atoms with Crippen LogP contribution in [0.15, 0.2) is 23.2 Å². The average Bonchev–Trinajstić information content (AvgIpc) is 2.72. The Labute approximate surface area is 177 Å². The van der Waals surface area contributed by atoms with Gasteiger partial charge in [0.1, 0.15) is 5.75 Å². The second-order valence-corrected chi connectivity index (χ2v) is 8.21. The van der Waals surface area contributed by atoms with Gasteiger partial charge in [0.2, 0.25) is 0 Å². The maximum Gasteiger partial charge on any atom is 0.191 e. The van der Waals surface area contributed by atoms with Crippen LogP contribution in [0.2, 0.25) is 0 Å². The molecular formula is C23H40N4O2. The molecule has 1 aliphatic heterocycles. The molecule has 29 heavy (non-hydrogen) atoms. The fourth-order valence-electron chi connectivity index (χ4n) is 3.70. The Hall–Kier alpha value is -1.79. The van der Waals surface area contributed by atoms with Gasteiger partial charge in [-0.05, 0) is 57.7 Å². The van der Waals surface area contributed by atoms with Gasteiger partial charge in [-0.25, -0.2) is 0 Å². The zero-order valence-corrected chi connectivity index (χ0v) is 19.0. The zero-order valence-electron chi connectivity index (χ0n) is 19.0. The van der Waals surface area contributed by atoms with Crippen molar-refractivity contribution in [3.05, 3.63) is 29.3 Å². The van der Waals surface area contributed by atoms with Crippen LogP contribution in [0.25, 0.3) is 0 Å². The Kier molecular flexibility index (Phi) is 10.3. The maximum atomic E-state index is 5.99. The number of hydrogen-bond donors (Lipinski definition) is 2. The number of rotatable bonds is 10. The minimum absolute atomic E-state index is 0.624. The molecule has 1 atom stereocenters. The highest BCUT2D eigenvalue weighted by atomic mass is 16.5. The summed E-state index contributed by atoms with van der Waals surface area (Å²) in [6.07, 6.45) is 3.45. The van der Waals surface area contributed by atoms with E-state index in [4.69, 9.17) is 9.47 Å². The fraction of sp³-hybridized carbons (Fsp3) is 0.696. The minimum Gasteiger partial charge on any atom is -0.493 e. The number of aliphatic imine (C=N–C) groups is 1. The second kappa shape index (κ2) is 12.7. The molecular weight excluding hydrogens is 364 g/mol. The molecule has 1 aromatic carbocycles. The molecule has 1 heterocycles. The number of nitrogens with zero attached hydrogens (tertiary/aromatic N) is 2. The Bertz CT molecular complexity index is 633. The van der Waals surface area contributed by atoms with Gasteiger partial charge < -0.3 is 25.0 Å². The van der Waals surface area contributed by atoms with Crippen LogP contribution in [0.3, 0.4) is 0 Å². The first-order valence-electron chi connectivity index (χ1n) is 10.9. The highest BCUT2D eigenvalue weighted by molar-refractivity contribution is 5.79. The third-order valence-electron chi connectivity index (χ3n) is 5.48. The molecule has 1 fully saturated rings. The maximum absolute atomic E-state index is 5.99. The standard InChI is InChI=1S/C23H40N4O2/c1-18(2)27-11-6-8-20(17-27)15-25-23(24-4)26-16-21-10-9-19(3)14-22(21)29-13-7-12-28-5/h9-10,14,18,20H,6-8,11-13,15-17H2,1-5H3,(H2,24,25,26). The average molecular weight is 405 g/mol. The van der Waals surface area contributed by atoms with Gasteiger partial charge in [-0.2, -0.15) is 0 Å². The largest absolute Gasteiger partial charge is 0.493 e. The number of guanidine groups is 1. The Morgan fingerprint density at radius 2 is 2.10 bits per heavy atom. The van der Waals surface area contributed by atoms with E-state index in [-0.39, 0.29) is 0 Å². The molecule has 0 saturated carbocycles. The van der Waals surface area contributed by atoms with Crippen LogP contribution in [0.4, 0.5) is 0 Å². The molecule has 2 rings (SSSR count). The van der Waals surface area contributed by atoms with Crippen LogP contribution in [0.5, 0.6) is 5.75 Å². The lowest BCUT2D eigenvalue weighted by Crippen LogP contribution is -2.46. The number of likely N-dealkylation sites (tertiary alicyclic amines) is 1. The lowest BCUT2D eigenvalue weighted by atomic mass is 9.97. The molecule has 1 saturated heterocycles. The monoisotopic (exact) mass is 404 g/mol. The highest BCUT2D eigenvalue weighted by Gasteiger charge is 2.21. The topological polar surface area (TPSA) is 58.1 Å². The van der Waals surface area contributed by atoms with E-state index < -0.39 is 0 Å². The normalized spacial score (nSPS) is 18.1. The van der Waals surface area contributed by atoms with Gasteiger partial charge in [0, 0.05) is 58.4 Å². The summed E-state index contributed by atoms with van der Waals surface area (Å²) in [7, 11) is 3.54. The zero-order chi connectivity index (χ0) is 21.1. The van der Waals surface area contributed by atoms with Crippen LogP contribution in [-0.2, 0) is 11.3 Å². The molecule has 1 aromatic rings. The van der Waals surface area contributed by atoms with E-state index in [1.807, 2.05) is 7.05 Å². The van der Waals surface area contributed by atoms with Crippen molar-refractivity contribution >= 4 is 5.96 Å². The highest BCUT2D eigenvalue weighted by Crippen LogP contribution is 2.21. The first-order chi connectivity index (χ1) is 14.0. The molecule has 0 radical (unpaired) electrons. The third kappa shape index (κ3) is 8.23. The van der Waals surface area contributed by atoms with Crippen LogP contribution >= 0.6 is 0 Å². The van der Waals surface area contributed by atoms with E-state index in [0.29, 0.717) is 31.7 Å². The van der Waals surface area contributed by atoms with Gasteiger partial charge >= 0.3 is 0 Å². The summed E-state index contributed by atoms with van der Waals surface area (Å²) in [6.45, 7) is 12.1. The summed E-state index contributed by atoms with van der Waals surface area (Å²) in [6, 6.07) is 6.97. The lowest BCUT2D eigenvalue weighted by Gasteiger charge is -2.35. The predicted octanol–water partition coefficient (Wildman–Crippen LogP) is 3.20. The van der Waals surface area contributed by atoms with Crippen LogP contribution in [0.1, 0.15) is 44.2 Å². The minimum atomic E-state index is 0.624. The molecule has 164 valence electrons. The summed E-state index contributed by atoms with van der Waals surface area (Å²) in [4.78, 5) is 6.97. The molecule has 1 aliphatic rings. The molecule has 0 bridgehead atoms. The van der Waals surface area contributed by atoms with Crippen molar-refractivity contribution in [3.63, 3.8) is 0 Å². The molecule has 0 amide bonds. The number of hydrogen-bond acceptors (Lipinski definition) is 4. The summed E-state index contributed by atoms with van der Waals surface area (Å²) >= 11 is 0. The quantitative estimate of drug-likeness (QED) is 0.356. The number of benzene rings is 1. The van der Waals surface area contributed by atoms with E-state index >= 15 is 0 Å². The predicted molar refractivity (Wildman–Crippen MR) is 121 cm³/mol. The van der Waals surface area contributed by atoms with Gasteiger partial charge in [-0.15, -0.1) is 0 Å². The van der Waals surface area contributed by atoms with Crippen LogP contribution in [0, 0.1) is 12.8 Å². The number of nitrogens with one attached hydrogen (secondary N) is 2. The van der Waals surface area contributed by atoms with Crippen molar-refractivity contribution in [2.24, 2.45) is 10.9 Å². The molecule has 0 spiro atoms. The first kappa shape index (κ1) is 23.5. The first-order valence-corrected chi connectivity index (χ1v) is 10.9. The smallest absolute Gasteiger partial charge is 0.191 e. The van der Waals surface area contributed by atoms with Crippen molar-refractivity contribution in [1.82, 2.24) is 15.5 Å². The van der Waals surface area contributed by atoms with Crippen LogP contribution < -0.4 is 15.4 Å². The van der Waals surface area contributed by atoms with Crippen molar-refractivity contribution in [1.29, 1.82) is 0 Å². The van der Waals surface area contributed by atoms with Crippen LogP contribution in [-0.4, -0.2) is 63.9 Å². The molecule has 6 heteroatoms.